The van der Waals surface area contributed by atoms with E-state index in [1.165, 1.54) is 32.0 Å². The van der Waals surface area contributed by atoms with Crippen LogP contribution in [0.1, 0.15) is 12.0 Å². The Morgan fingerprint density at radius 2 is 2.17 bits per heavy atom. The highest BCUT2D eigenvalue weighted by molar-refractivity contribution is 7.99. The fourth-order valence-electron chi connectivity index (χ4n) is 1.49. The van der Waals surface area contributed by atoms with Crippen molar-refractivity contribution in [2.75, 3.05) is 20.1 Å². The van der Waals surface area contributed by atoms with Crippen LogP contribution in [0.3, 0.4) is 0 Å². The molecule has 0 amide bonds. The Hall–Kier alpha value is -1.40. The highest BCUT2D eigenvalue weighted by Gasteiger charge is 2.11. The van der Waals surface area contributed by atoms with Crippen molar-refractivity contribution >= 4 is 17.7 Å². The molecule has 0 saturated heterocycles. The molecule has 5 nitrogen and oxygen atoms in total. The minimum absolute atomic E-state index is 0.108. The lowest BCUT2D eigenvalue weighted by molar-refractivity contribution is -0.140. The van der Waals surface area contributed by atoms with E-state index in [0.29, 0.717) is 23.6 Å². The number of ether oxygens (including phenoxy) is 2. The largest absolute Gasteiger partial charge is 0.508 e. The van der Waals surface area contributed by atoms with Crippen molar-refractivity contribution in [2.45, 2.75) is 17.7 Å². The van der Waals surface area contributed by atoms with E-state index in [1.54, 1.807) is 6.07 Å². The first kappa shape index (κ1) is 14.7. The van der Waals surface area contributed by atoms with Gasteiger partial charge in [0.1, 0.15) is 11.5 Å². The SMILES string of the molecule is COC(=O)CCc1cc(SCN)c(OC)cc1O. The first-order valence-electron chi connectivity index (χ1n) is 5.42. The summed E-state index contributed by atoms with van der Waals surface area (Å²) in [6.45, 7) is 0. The molecule has 18 heavy (non-hydrogen) atoms. The van der Waals surface area contributed by atoms with E-state index in [-0.39, 0.29) is 18.1 Å². The fourth-order valence-corrected chi connectivity index (χ4v) is 2.18. The Bertz CT molecular complexity index is 423. The maximum absolute atomic E-state index is 11.1. The topological polar surface area (TPSA) is 81.8 Å². The molecule has 100 valence electrons. The van der Waals surface area contributed by atoms with Crippen molar-refractivity contribution in [3.05, 3.63) is 17.7 Å². The summed E-state index contributed by atoms with van der Waals surface area (Å²) in [7, 11) is 2.87. The van der Waals surface area contributed by atoms with Gasteiger partial charge < -0.3 is 20.3 Å². The number of carbonyl (C=O) groups is 1. The van der Waals surface area contributed by atoms with Crippen molar-refractivity contribution in [3.63, 3.8) is 0 Å². The molecule has 0 aliphatic carbocycles. The quantitative estimate of drug-likeness (QED) is 0.464. The number of aryl methyl sites for hydroxylation is 1. The standard InChI is InChI=1S/C12H17NO4S/c1-16-10-6-9(14)8(3-4-12(15)17-2)5-11(10)18-7-13/h5-6,14H,3-4,7,13H2,1-2H3. The minimum atomic E-state index is -0.307. The summed E-state index contributed by atoms with van der Waals surface area (Å²) in [5.41, 5.74) is 6.16. The number of thioether (sulfide) groups is 1. The maximum atomic E-state index is 11.1. The van der Waals surface area contributed by atoms with E-state index in [2.05, 4.69) is 4.74 Å². The lowest BCUT2D eigenvalue weighted by atomic mass is 10.1. The fraction of sp³-hybridized carbons (Fsp3) is 0.417. The number of nitrogens with two attached hydrogens (primary N) is 1. The Balaban J connectivity index is 2.90. The van der Waals surface area contributed by atoms with Crippen LogP contribution in [-0.4, -0.2) is 31.2 Å². The summed E-state index contributed by atoms with van der Waals surface area (Å²) < 4.78 is 9.72. The van der Waals surface area contributed by atoms with Crippen molar-refractivity contribution in [2.24, 2.45) is 5.73 Å². The van der Waals surface area contributed by atoms with Crippen LogP contribution in [0.2, 0.25) is 0 Å². The number of rotatable bonds is 6. The molecule has 0 radical (unpaired) electrons. The number of phenols is 1. The van der Waals surface area contributed by atoms with Gasteiger partial charge in [-0.1, -0.05) is 0 Å². The predicted octanol–water partition coefficient (Wildman–Crippen LogP) is 1.51. The Morgan fingerprint density at radius 1 is 1.44 bits per heavy atom. The van der Waals surface area contributed by atoms with Gasteiger partial charge in [0.15, 0.2) is 0 Å². The second-order valence-electron chi connectivity index (χ2n) is 3.52. The summed E-state index contributed by atoms with van der Waals surface area (Å²) in [4.78, 5) is 11.9. The smallest absolute Gasteiger partial charge is 0.305 e. The number of esters is 1. The summed E-state index contributed by atoms with van der Waals surface area (Å²) in [5.74, 6) is 0.789. The Morgan fingerprint density at radius 3 is 2.72 bits per heavy atom. The third-order valence-electron chi connectivity index (χ3n) is 2.43. The summed E-state index contributed by atoms with van der Waals surface area (Å²) in [6.07, 6.45) is 0.643. The molecule has 0 saturated carbocycles. The molecule has 3 N–H and O–H groups in total. The van der Waals surface area contributed by atoms with Crippen LogP contribution in [0, 0.1) is 0 Å². The summed E-state index contributed by atoms with van der Waals surface area (Å²) >= 11 is 1.41. The number of phenolic OH excluding ortho intramolecular Hbond substituents is 1. The van der Waals surface area contributed by atoms with Crippen LogP contribution in [-0.2, 0) is 16.0 Å². The number of carbonyl (C=O) groups excluding carboxylic acids is 1. The first-order valence-corrected chi connectivity index (χ1v) is 6.40. The normalized spacial score (nSPS) is 10.2. The van der Waals surface area contributed by atoms with Crippen LogP contribution in [0.5, 0.6) is 11.5 Å². The molecular weight excluding hydrogens is 254 g/mol. The van der Waals surface area contributed by atoms with Crippen molar-refractivity contribution in [3.8, 4) is 11.5 Å². The molecule has 0 aromatic heterocycles. The van der Waals surface area contributed by atoms with Gasteiger partial charge in [0.25, 0.3) is 0 Å². The molecule has 0 spiro atoms. The van der Waals surface area contributed by atoms with E-state index >= 15 is 0 Å². The summed E-state index contributed by atoms with van der Waals surface area (Å²) in [6, 6.07) is 3.32. The molecule has 1 rings (SSSR count). The number of benzene rings is 1. The first-order chi connectivity index (χ1) is 8.62. The zero-order chi connectivity index (χ0) is 13.5. The Kier molecular flexibility index (Phi) is 5.80. The zero-order valence-electron chi connectivity index (χ0n) is 10.4. The number of hydrogen-bond donors (Lipinski definition) is 2. The maximum Gasteiger partial charge on any atom is 0.305 e. The molecule has 0 unspecified atom stereocenters. The second kappa shape index (κ2) is 7.13. The van der Waals surface area contributed by atoms with E-state index < -0.39 is 0 Å². The highest BCUT2D eigenvalue weighted by Crippen LogP contribution is 2.35. The zero-order valence-corrected chi connectivity index (χ0v) is 11.3. The highest BCUT2D eigenvalue weighted by atomic mass is 32.2. The van der Waals surface area contributed by atoms with Gasteiger partial charge in [0.05, 0.1) is 19.1 Å². The summed E-state index contributed by atoms with van der Waals surface area (Å²) in [5, 5.41) is 9.83. The van der Waals surface area contributed by atoms with Gasteiger partial charge in [-0.05, 0) is 18.1 Å². The van der Waals surface area contributed by atoms with Gasteiger partial charge in [-0.25, -0.2) is 0 Å². The molecule has 0 aliphatic heterocycles. The number of aromatic hydroxyl groups is 1. The lowest BCUT2D eigenvalue weighted by Crippen LogP contribution is -2.02. The second-order valence-corrected chi connectivity index (χ2v) is 4.58. The van der Waals surface area contributed by atoms with Crippen LogP contribution < -0.4 is 10.5 Å². The molecule has 0 fully saturated rings. The molecule has 0 atom stereocenters. The third-order valence-corrected chi connectivity index (χ3v) is 3.23. The molecule has 1 aromatic rings. The van der Waals surface area contributed by atoms with Crippen molar-refractivity contribution < 1.29 is 19.4 Å². The van der Waals surface area contributed by atoms with Crippen LogP contribution in [0.25, 0.3) is 0 Å². The van der Waals surface area contributed by atoms with Crippen molar-refractivity contribution in [1.82, 2.24) is 0 Å². The van der Waals surface area contributed by atoms with E-state index in [9.17, 15) is 9.90 Å². The van der Waals surface area contributed by atoms with E-state index in [1.807, 2.05) is 0 Å². The van der Waals surface area contributed by atoms with E-state index in [0.717, 1.165) is 4.90 Å². The van der Waals surface area contributed by atoms with Crippen molar-refractivity contribution in [1.29, 1.82) is 0 Å². The average molecular weight is 271 g/mol. The lowest BCUT2D eigenvalue weighted by Gasteiger charge is -2.11. The third kappa shape index (κ3) is 3.82. The molecule has 1 aromatic carbocycles. The van der Waals surface area contributed by atoms with E-state index in [4.69, 9.17) is 10.5 Å². The van der Waals surface area contributed by atoms with Crippen LogP contribution >= 0.6 is 11.8 Å². The molecule has 0 heterocycles. The van der Waals surface area contributed by atoms with Gasteiger partial charge in [0.2, 0.25) is 0 Å². The molecule has 0 aliphatic rings. The van der Waals surface area contributed by atoms with Gasteiger partial charge in [-0.15, -0.1) is 11.8 Å². The monoisotopic (exact) mass is 271 g/mol. The molecule has 6 heteroatoms. The van der Waals surface area contributed by atoms with Gasteiger partial charge in [-0.2, -0.15) is 0 Å². The average Bonchev–Trinajstić information content (AvgIpc) is 2.38. The molecule has 0 bridgehead atoms. The molecular formula is C12H17NO4S. The van der Waals surface area contributed by atoms with Gasteiger partial charge in [0, 0.05) is 18.4 Å². The number of methoxy groups -OCH3 is 2. The van der Waals surface area contributed by atoms with Gasteiger partial charge in [-0.3, -0.25) is 4.79 Å². The Labute approximate surface area is 110 Å². The number of hydrogen-bond acceptors (Lipinski definition) is 6. The minimum Gasteiger partial charge on any atom is -0.508 e. The van der Waals surface area contributed by atoms with Gasteiger partial charge >= 0.3 is 5.97 Å². The van der Waals surface area contributed by atoms with Crippen LogP contribution in [0.4, 0.5) is 0 Å². The van der Waals surface area contributed by atoms with Crippen LogP contribution in [0.15, 0.2) is 17.0 Å². The predicted molar refractivity (Wildman–Crippen MR) is 69.9 cm³/mol.